The predicted octanol–water partition coefficient (Wildman–Crippen LogP) is 2.84. The molecular weight excluding hydrogens is 263 g/mol. The van der Waals surface area contributed by atoms with Crippen LogP contribution in [0.4, 0.5) is 4.39 Å². The quantitative estimate of drug-likeness (QED) is 0.929. The van der Waals surface area contributed by atoms with Crippen molar-refractivity contribution in [2.75, 3.05) is 0 Å². The van der Waals surface area contributed by atoms with Gasteiger partial charge in [-0.25, -0.2) is 14.2 Å². The third-order valence-corrected chi connectivity index (χ3v) is 3.78. The van der Waals surface area contributed by atoms with E-state index in [-0.39, 0.29) is 5.56 Å². The number of carboxylic acids is 1. The molecule has 0 amide bonds. The Labute approximate surface area is 105 Å². The molecule has 0 spiro atoms. The van der Waals surface area contributed by atoms with Crippen LogP contribution in [-0.2, 0) is 0 Å². The Hall–Kier alpha value is -1.47. The zero-order valence-electron chi connectivity index (χ0n) is 8.68. The highest BCUT2D eigenvalue weighted by molar-refractivity contribution is 8.01. The molecule has 1 aromatic heterocycles. The highest BCUT2D eigenvalue weighted by atomic mass is 32.2. The first-order valence-corrected chi connectivity index (χ1v) is 6.16. The Morgan fingerprint density at radius 3 is 2.82 bits per heavy atom. The third kappa shape index (κ3) is 2.80. The Bertz CT molecular complexity index is 571. The van der Waals surface area contributed by atoms with Crippen molar-refractivity contribution in [1.82, 2.24) is 9.36 Å². The second kappa shape index (κ2) is 4.80. The third-order valence-electron chi connectivity index (χ3n) is 1.89. The van der Waals surface area contributed by atoms with Crippen molar-refractivity contribution in [3.8, 4) is 0 Å². The number of rotatable bonds is 3. The molecule has 1 N–H and O–H groups in total. The Morgan fingerprint density at radius 1 is 1.53 bits per heavy atom. The van der Waals surface area contributed by atoms with Crippen LogP contribution in [0.3, 0.4) is 0 Å². The van der Waals surface area contributed by atoms with Gasteiger partial charge < -0.3 is 5.11 Å². The van der Waals surface area contributed by atoms with Crippen molar-refractivity contribution in [2.24, 2.45) is 0 Å². The fraction of sp³-hybridized carbons (Fsp3) is 0.100. The smallest absolute Gasteiger partial charge is 0.335 e. The van der Waals surface area contributed by atoms with Crippen LogP contribution in [0, 0.1) is 12.7 Å². The normalized spacial score (nSPS) is 10.5. The number of hydrogen-bond donors (Lipinski definition) is 1. The van der Waals surface area contributed by atoms with Gasteiger partial charge >= 0.3 is 5.97 Å². The Kier molecular flexibility index (Phi) is 3.39. The molecule has 88 valence electrons. The lowest BCUT2D eigenvalue weighted by Crippen LogP contribution is -1.97. The van der Waals surface area contributed by atoms with Gasteiger partial charge in [-0.2, -0.15) is 4.37 Å². The van der Waals surface area contributed by atoms with Crippen molar-refractivity contribution < 1.29 is 14.3 Å². The fourth-order valence-corrected chi connectivity index (χ4v) is 2.74. The SMILES string of the molecule is Cc1nsc(Sc2ccc(C(=O)O)cc2F)n1. The van der Waals surface area contributed by atoms with E-state index in [1.54, 1.807) is 6.92 Å². The second-order valence-electron chi connectivity index (χ2n) is 3.16. The molecule has 17 heavy (non-hydrogen) atoms. The van der Waals surface area contributed by atoms with Crippen LogP contribution in [0.15, 0.2) is 27.4 Å². The number of nitrogens with zero attached hydrogens (tertiary/aromatic N) is 2. The van der Waals surface area contributed by atoms with Crippen molar-refractivity contribution in [3.63, 3.8) is 0 Å². The van der Waals surface area contributed by atoms with Crippen LogP contribution in [0.25, 0.3) is 0 Å². The first-order valence-electron chi connectivity index (χ1n) is 4.57. The number of aromatic nitrogens is 2. The van der Waals surface area contributed by atoms with E-state index in [4.69, 9.17) is 5.11 Å². The number of carboxylic acid groups (broad SMARTS) is 1. The van der Waals surface area contributed by atoms with E-state index in [1.807, 2.05) is 0 Å². The van der Waals surface area contributed by atoms with Gasteiger partial charge in [-0.05, 0) is 36.7 Å². The molecule has 0 aliphatic carbocycles. The molecule has 0 fully saturated rings. The minimum absolute atomic E-state index is 0.0692. The predicted molar refractivity (Wildman–Crippen MR) is 62.1 cm³/mol. The lowest BCUT2D eigenvalue weighted by atomic mass is 10.2. The summed E-state index contributed by atoms with van der Waals surface area (Å²) in [7, 11) is 0. The standard InChI is InChI=1S/C10H7FN2O2S2/c1-5-12-10(17-13-5)16-8-3-2-6(9(14)15)4-7(8)11/h2-4H,1H3,(H,14,15). The van der Waals surface area contributed by atoms with Crippen LogP contribution in [-0.4, -0.2) is 20.4 Å². The van der Waals surface area contributed by atoms with Gasteiger partial charge in [-0.3, -0.25) is 0 Å². The van der Waals surface area contributed by atoms with Crippen molar-refractivity contribution in [3.05, 3.63) is 35.4 Å². The molecule has 0 atom stereocenters. The highest BCUT2D eigenvalue weighted by Crippen LogP contribution is 2.31. The molecule has 4 nitrogen and oxygen atoms in total. The second-order valence-corrected chi connectivity index (χ2v) is 5.20. The summed E-state index contributed by atoms with van der Waals surface area (Å²) in [5.41, 5.74) is -0.0692. The van der Waals surface area contributed by atoms with Gasteiger partial charge in [0, 0.05) is 0 Å². The van der Waals surface area contributed by atoms with E-state index < -0.39 is 11.8 Å². The minimum atomic E-state index is -1.15. The van der Waals surface area contributed by atoms with Gasteiger partial charge in [0.1, 0.15) is 11.6 Å². The summed E-state index contributed by atoms with van der Waals surface area (Å²) in [5.74, 6) is -1.07. The Balaban J connectivity index is 2.25. The topological polar surface area (TPSA) is 63.1 Å². The molecule has 0 saturated carbocycles. The summed E-state index contributed by atoms with van der Waals surface area (Å²) in [6, 6.07) is 3.79. The van der Waals surface area contributed by atoms with Gasteiger partial charge in [0.05, 0.1) is 10.5 Å². The maximum absolute atomic E-state index is 13.6. The number of hydrogen-bond acceptors (Lipinski definition) is 5. The van der Waals surface area contributed by atoms with Crippen molar-refractivity contribution in [1.29, 1.82) is 0 Å². The number of aromatic carboxylic acids is 1. The molecule has 7 heteroatoms. The fourth-order valence-electron chi connectivity index (χ4n) is 1.13. The van der Waals surface area contributed by atoms with Crippen LogP contribution < -0.4 is 0 Å². The summed E-state index contributed by atoms with van der Waals surface area (Å²) >= 11 is 2.31. The Morgan fingerprint density at radius 2 is 2.29 bits per heavy atom. The zero-order chi connectivity index (χ0) is 12.4. The molecule has 1 aromatic carbocycles. The number of aryl methyl sites for hydroxylation is 1. The summed E-state index contributed by atoms with van der Waals surface area (Å²) in [5, 5.41) is 8.70. The molecule has 2 aromatic rings. The van der Waals surface area contributed by atoms with Crippen LogP contribution in [0.2, 0.25) is 0 Å². The summed E-state index contributed by atoms with van der Waals surface area (Å²) < 4.78 is 18.2. The van der Waals surface area contributed by atoms with Gasteiger partial charge in [0.2, 0.25) is 0 Å². The van der Waals surface area contributed by atoms with E-state index in [0.29, 0.717) is 15.1 Å². The van der Waals surface area contributed by atoms with E-state index in [2.05, 4.69) is 9.36 Å². The molecule has 0 unspecified atom stereocenters. The summed E-state index contributed by atoms with van der Waals surface area (Å²) in [6.45, 7) is 1.75. The van der Waals surface area contributed by atoms with E-state index in [9.17, 15) is 9.18 Å². The average molecular weight is 270 g/mol. The van der Waals surface area contributed by atoms with Crippen LogP contribution in [0.5, 0.6) is 0 Å². The largest absolute Gasteiger partial charge is 0.478 e. The molecular formula is C10H7FN2O2S2. The summed E-state index contributed by atoms with van der Waals surface area (Å²) in [4.78, 5) is 15.1. The number of halogens is 1. The van der Waals surface area contributed by atoms with Gasteiger partial charge in [0.15, 0.2) is 4.34 Å². The van der Waals surface area contributed by atoms with E-state index in [0.717, 1.165) is 17.8 Å². The van der Waals surface area contributed by atoms with Crippen LogP contribution in [0.1, 0.15) is 16.2 Å². The maximum atomic E-state index is 13.6. The highest BCUT2D eigenvalue weighted by Gasteiger charge is 2.11. The molecule has 0 saturated heterocycles. The average Bonchev–Trinajstić information content (AvgIpc) is 2.67. The molecule has 1 heterocycles. The molecule has 0 bridgehead atoms. The number of benzene rings is 1. The minimum Gasteiger partial charge on any atom is -0.478 e. The van der Waals surface area contributed by atoms with E-state index >= 15 is 0 Å². The van der Waals surface area contributed by atoms with Crippen molar-refractivity contribution in [2.45, 2.75) is 16.2 Å². The van der Waals surface area contributed by atoms with Crippen molar-refractivity contribution >= 4 is 29.3 Å². The van der Waals surface area contributed by atoms with Gasteiger partial charge in [-0.1, -0.05) is 11.8 Å². The van der Waals surface area contributed by atoms with Gasteiger partial charge in [-0.15, -0.1) is 0 Å². The van der Waals surface area contributed by atoms with Gasteiger partial charge in [0.25, 0.3) is 0 Å². The monoisotopic (exact) mass is 270 g/mol. The lowest BCUT2D eigenvalue weighted by Gasteiger charge is -2.00. The van der Waals surface area contributed by atoms with Crippen LogP contribution >= 0.6 is 23.3 Å². The van der Waals surface area contributed by atoms with E-state index in [1.165, 1.54) is 23.7 Å². The summed E-state index contributed by atoms with van der Waals surface area (Å²) in [6.07, 6.45) is 0. The first-order chi connectivity index (χ1) is 8.06. The lowest BCUT2D eigenvalue weighted by molar-refractivity contribution is 0.0696. The number of carbonyl (C=O) groups is 1. The zero-order valence-corrected chi connectivity index (χ0v) is 10.3. The molecule has 0 radical (unpaired) electrons. The molecule has 2 rings (SSSR count). The maximum Gasteiger partial charge on any atom is 0.335 e. The first kappa shape index (κ1) is 12.0. The molecule has 0 aliphatic heterocycles. The molecule has 0 aliphatic rings.